The Morgan fingerprint density at radius 3 is 1.86 bits per heavy atom. The van der Waals surface area contributed by atoms with Gasteiger partial charge in [0.2, 0.25) is 0 Å². The van der Waals surface area contributed by atoms with E-state index in [1.54, 1.807) is 12.1 Å². The lowest BCUT2D eigenvalue weighted by molar-refractivity contribution is 0.0697. The van der Waals surface area contributed by atoms with Crippen LogP contribution in [0.5, 0.6) is 0 Å². The third-order valence-corrected chi connectivity index (χ3v) is 11.1. The molecule has 0 atom stereocenters. The van der Waals surface area contributed by atoms with Gasteiger partial charge in [-0.05, 0) is 92.5 Å². The normalized spacial score (nSPS) is 18.4. The van der Waals surface area contributed by atoms with Gasteiger partial charge in [-0.1, -0.05) is 47.6 Å². The molecular weight excluding hydrogens is 364 g/mol. The van der Waals surface area contributed by atoms with Crippen LogP contribution in [0.25, 0.3) is 0 Å². The molecule has 0 saturated heterocycles. The first-order valence-electron chi connectivity index (χ1n) is 10.3. The lowest BCUT2D eigenvalue weighted by Gasteiger charge is -2.45. The molecule has 0 heterocycles. The zero-order valence-corrected chi connectivity index (χ0v) is 19.0. The summed E-state index contributed by atoms with van der Waals surface area (Å²) in [6.45, 7) is 14.0. The summed E-state index contributed by atoms with van der Waals surface area (Å²) in [4.78, 5) is 14.0. The Balaban J connectivity index is 2.17. The van der Waals surface area contributed by atoms with Gasteiger partial charge in [0, 0.05) is 0 Å². The summed E-state index contributed by atoms with van der Waals surface area (Å²) in [5, 5.41) is 9.26. The van der Waals surface area contributed by atoms with Crippen molar-refractivity contribution in [3.8, 4) is 0 Å². The van der Waals surface area contributed by atoms with Gasteiger partial charge in [-0.15, -0.1) is 0 Å². The smallest absolute Gasteiger partial charge is 0.335 e. The van der Waals surface area contributed by atoms with E-state index in [9.17, 15) is 9.90 Å². The van der Waals surface area contributed by atoms with Crippen LogP contribution in [0, 0.1) is 0 Å². The van der Waals surface area contributed by atoms with Crippen LogP contribution in [0.3, 0.4) is 0 Å². The highest BCUT2D eigenvalue weighted by molar-refractivity contribution is 8.33. The molecule has 2 aromatic rings. The number of carbonyl (C=O) groups is 1. The molecule has 2 nitrogen and oxygen atoms in total. The van der Waals surface area contributed by atoms with E-state index in [1.807, 2.05) is 12.1 Å². The zero-order chi connectivity index (χ0) is 20.7. The standard InChI is InChI=1S/C25H34O2S/c1-7-28(8-2,19-11-9-18(10-12-19)23(26)27)20-13-14-21-22(17-20)25(5,6)16-15-24(21,3)4/h9-14,17H,7-8,15-16H2,1-6H3,(H,26,27). The highest BCUT2D eigenvalue weighted by atomic mass is 32.3. The molecule has 3 heteroatoms. The van der Waals surface area contributed by atoms with E-state index in [4.69, 9.17) is 0 Å². The highest BCUT2D eigenvalue weighted by Gasteiger charge is 2.38. The molecule has 0 bridgehead atoms. The molecule has 3 rings (SSSR count). The Hall–Kier alpha value is -1.74. The van der Waals surface area contributed by atoms with Crippen LogP contribution in [0.4, 0.5) is 0 Å². The number of benzene rings is 2. The van der Waals surface area contributed by atoms with E-state index in [1.165, 1.54) is 33.8 Å². The molecule has 0 aromatic heterocycles. The van der Waals surface area contributed by atoms with Gasteiger partial charge in [0.05, 0.1) is 5.56 Å². The number of fused-ring (bicyclic) bond motifs is 1. The fourth-order valence-electron chi connectivity index (χ4n) is 4.68. The molecule has 0 spiro atoms. The maximum absolute atomic E-state index is 11.3. The van der Waals surface area contributed by atoms with Crippen molar-refractivity contribution in [2.75, 3.05) is 11.5 Å². The maximum atomic E-state index is 11.3. The number of hydrogen-bond donors (Lipinski definition) is 1. The lowest BCUT2D eigenvalue weighted by atomic mass is 9.63. The molecule has 0 aliphatic heterocycles. The molecular formula is C25H34O2S. The molecule has 1 aliphatic rings. The first kappa shape index (κ1) is 21.0. The number of carboxylic acids is 1. The van der Waals surface area contributed by atoms with Crippen molar-refractivity contribution in [2.24, 2.45) is 0 Å². The Labute approximate surface area is 171 Å². The third kappa shape index (κ3) is 3.39. The van der Waals surface area contributed by atoms with Crippen LogP contribution in [0.15, 0.2) is 52.3 Å². The third-order valence-electron chi connectivity index (χ3n) is 6.81. The number of carboxylic acid groups (broad SMARTS) is 1. The summed E-state index contributed by atoms with van der Waals surface area (Å²) >= 11 is 0. The zero-order valence-electron chi connectivity index (χ0n) is 18.1. The first-order chi connectivity index (χ1) is 13.1. The van der Waals surface area contributed by atoms with Crippen LogP contribution >= 0.6 is 10.0 Å². The number of aromatic carboxylic acids is 1. The minimum Gasteiger partial charge on any atom is -0.478 e. The van der Waals surface area contributed by atoms with Crippen molar-refractivity contribution in [3.63, 3.8) is 0 Å². The fraction of sp³-hybridized carbons (Fsp3) is 0.480. The molecule has 1 aliphatic carbocycles. The van der Waals surface area contributed by atoms with Gasteiger partial charge >= 0.3 is 5.97 Å². The van der Waals surface area contributed by atoms with Gasteiger partial charge in [-0.3, -0.25) is 0 Å². The van der Waals surface area contributed by atoms with Gasteiger partial charge in [-0.2, -0.15) is 10.0 Å². The SMILES string of the molecule is CCS(CC)(c1ccc(C(=O)O)cc1)c1ccc2c(c1)C(C)(C)CCC2(C)C. The second kappa shape index (κ2) is 7.26. The van der Waals surface area contributed by atoms with Gasteiger partial charge in [-0.25, -0.2) is 4.79 Å². The molecule has 1 N–H and O–H groups in total. The summed E-state index contributed by atoms with van der Waals surface area (Å²) in [7, 11) is -1.19. The van der Waals surface area contributed by atoms with Crippen LogP contribution in [0.1, 0.15) is 75.9 Å². The molecule has 0 saturated carbocycles. The average Bonchev–Trinajstić information content (AvgIpc) is 2.67. The monoisotopic (exact) mass is 398 g/mol. The average molecular weight is 399 g/mol. The molecule has 0 amide bonds. The predicted molar refractivity (Wildman–Crippen MR) is 120 cm³/mol. The van der Waals surface area contributed by atoms with Crippen LogP contribution < -0.4 is 0 Å². The molecule has 0 fully saturated rings. The fourth-order valence-corrected chi connectivity index (χ4v) is 8.02. The van der Waals surface area contributed by atoms with Crippen molar-refractivity contribution in [1.82, 2.24) is 0 Å². The minimum absolute atomic E-state index is 0.195. The Kier molecular flexibility index (Phi) is 5.44. The van der Waals surface area contributed by atoms with Crippen molar-refractivity contribution < 1.29 is 9.90 Å². The Bertz CT molecular complexity index is 874. The molecule has 28 heavy (non-hydrogen) atoms. The number of rotatable bonds is 5. The lowest BCUT2D eigenvalue weighted by Crippen LogP contribution is -2.34. The van der Waals surface area contributed by atoms with Gasteiger partial charge in [0.25, 0.3) is 0 Å². The van der Waals surface area contributed by atoms with E-state index in [2.05, 4.69) is 59.7 Å². The van der Waals surface area contributed by atoms with Crippen molar-refractivity contribution in [2.45, 2.75) is 75.0 Å². The minimum atomic E-state index is -1.19. The van der Waals surface area contributed by atoms with Crippen molar-refractivity contribution in [1.29, 1.82) is 0 Å². The van der Waals surface area contributed by atoms with Crippen LogP contribution in [0.2, 0.25) is 0 Å². The van der Waals surface area contributed by atoms with Crippen LogP contribution in [-0.2, 0) is 10.8 Å². The summed E-state index contributed by atoms with van der Waals surface area (Å²) in [6.07, 6.45) is 2.44. The molecule has 152 valence electrons. The number of hydrogen-bond acceptors (Lipinski definition) is 1. The largest absolute Gasteiger partial charge is 0.478 e. The van der Waals surface area contributed by atoms with Crippen LogP contribution in [-0.4, -0.2) is 22.6 Å². The predicted octanol–water partition coefficient (Wildman–Crippen LogP) is 7.00. The van der Waals surface area contributed by atoms with Gasteiger partial charge in [0.1, 0.15) is 0 Å². The van der Waals surface area contributed by atoms with Crippen molar-refractivity contribution >= 4 is 16.0 Å². The highest BCUT2D eigenvalue weighted by Crippen LogP contribution is 2.63. The Morgan fingerprint density at radius 2 is 1.36 bits per heavy atom. The summed E-state index contributed by atoms with van der Waals surface area (Å²) in [6, 6.07) is 14.8. The summed E-state index contributed by atoms with van der Waals surface area (Å²) in [5.74, 6) is 1.27. The summed E-state index contributed by atoms with van der Waals surface area (Å²) < 4.78 is 0. The Morgan fingerprint density at radius 1 is 0.857 bits per heavy atom. The molecule has 2 aromatic carbocycles. The first-order valence-corrected chi connectivity index (χ1v) is 12.3. The quantitative estimate of drug-likeness (QED) is 0.589. The van der Waals surface area contributed by atoms with Gasteiger partial charge < -0.3 is 5.11 Å². The molecule has 0 radical (unpaired) electrons. The maximum Gasteiger partial charge on any atom is 0.335 e. The van der Waals surface area contributed by atoms with E-state index < -0.39 is 16.0 Å². The van der Waals surface area contributed by atoms with E-state index in [0.717, 1.165) is 11.5 Å². The van der Waals surface area contributed by atoms with Crippen molar-refractivity contribution in [3.05, 3.63) is 59.2 Å². The topological polar surface area (TPSA) is 37.3 Å². The second-order valence-corrected chi connectivity index (χ2v) is 13.1. The second-order valence-electron chi connectivity index (χ2n) is 9.27. The van der Waals surface area contributed by atoms with E-state index >= 15 is 0 Å². The molecule has 0 unspecified atom stereocenters. The van der Waals surface area contributed by atoms with Gasteiger partial charge in [0.15, 0.2) is 0 Å². The summed E-state index contributed by atoms with van der Waals surface area (Å²) in [5.41, 5.74) is 3.78. The van der Waals surface area contributed by atoms with E-state index in [0.29, 0.717) is 5.56 Å². The van der Waals surface area contributed by atoms with E-state index in [-0.39, 0.29) is 10.8 Å².